The average Bonchev–Trinajstić information content (AvgIpc) is 2.98. The highest BCUT2D eigenvalue weighted by atomic mass is 16.5. The van der Waals surface area contributed by atoms with Gasteiger partial charge in [0.2, 0.25) is 5.82 Å². The van der Waals surface area contributed by atoms with Gasteiger partial charge in [0.15, 0.2) is 0 Å². The Hall–Kier alpha value is -2.62. The minimum Gasteiger partial charge on any atom is -0.315 e. The van der Waals surface area contributed by atoms with Crippen molar-refractivity contribution in [2.45, 2.75) is 0 Å². The maximum atomic E-state index is 5.30. The molecule has 0 amide bonds. The van der Waals surface area contributed by atoms with Crippen LogP contribution in [0.1, 0.15) is 0 Å². The normalized spacial score (nSPS) is 10.4. The summed E-state index contributed by atoms with van der Waals surface area (Å²) in [7, 11) is 1.90. The first-order valence-corrected chi connectivity index (χ1v) is 6.02. The Balaban J connectivity index is 1.90. The van der Waals surface area contributed by atoms with E-state index in [1.807, 2.05) is 72.6 Å². The zero-order valence-corrected chi connectivity index (χ0v) is 10.5. The highest BCUT2D eigenvalue weighted by molar-refractivity contribution is 5.59. The van der Waals surface area contributed by atoms with Gasteiger partial charge in [-0.3, -0.25) is 4.90 Å². The molecule has 0 N–H and O–H groups in total. The number of hydrogen-bond donors (Lipinski definition) is 0. The lowest BCUT2D eigenvalue weighted by Crippen LogP contribution is -2.09. The van der Waals surface area contributed by atoms with Gasteiger partial charge in [-0.1, -0.05) is 53.7 Å². The van der Waals surface area contributed by atoms with Crippen LogP contribution < -0.4 is 4.90 Å². The van der Waals surface area contributed by atoms with Gasteiger partial charge >= 0.3 is 6.01 Å². The summed E-state index contributed by atoms with van der Waals surface area (Å²) in [5, 5.41) is 4.01. The first kappa shape index (κ1) is 11.5. The lowest BCUT2D eigenvalue weighted by Gasteiger charge is -2.12. The van der Waals surface area contributed by atoms with E-state index in [1.54, 1.807) is 0 Å². The van der Waals surface area contributed by atoms with Crippen molar-refractivity contribution in [2.75, 3.05) is 11.9 Å². The second kappa shape index (κ2) is 4.94. The van der Waals surface area contributed by atoms with Crippen LogP contribution in [0.15, 0.2) is 65.2 Å². The molecule has 0 aliphatic rings. The van der Waals surface area contributed by atoms with Crippen molar-refractivity contribution >= 4 is 11.7 Å². The highest BCUT2D eigenvalue weighted by Crippen LogP contribution is 2.24. The van der Waals surface area contributed by atoms with E-state index >= 15 is 0 Å². The molecule has 0 aliphatic heterocycles. The third-order valence-electron chi connectivity index (χ3n) is 2.88. The maximum Gasteiger partial charge on any atom is 0.328 e. The van der Waals surface area contributed by atoms with Gasteiger partial charge in [-0.25, -0.2) is 0 Å². The summed E-state index contributed by atoms with van der Waals surface area (Å²) in [4.78, 5) is 6.27. The van der Waals surface area contributed by atoms with E-state index in [0.29, 0.717) is 11.8 Å². The zero-order chi connectivity index (χ0) is 13.1. The van der Waals surface area contributed by atoms with E-state index < -0.39 is 0 Å². The van der Waals surface area contributed by atoms with E-state index in [1.165, 1.54) is 0 Å². The van der Waals surface area contributed by atoms with E-state index in [2.05, 4.69) is 10.1 Å². The lowest BCUT2D eigenvalue weighted by molar-refractivity contribution is 0.426. The van der Waals surface area contributed by atoms with Crippen LogP contribution in [0.25, 0.3) is 11.4 Å². The first-order chi connectivity index (χ1) is 9.34. The van der Waals surface area contributed by atoms with E-state index in [0.717, 1.165) is 11.3 Å². The average molecular weight is 251 g/mol. The standard InChI is InChI=1S/C15H13N3O/c1-18(13-10-6-3-7-11-13)15-16-14(17-19-15)12-8-4-2-5-9-12/h2-11H,1H3. The summed E-state index contributed by atoms with van der Waals surface area (Å²) < 4.78 is 5.30. The van der Waals surface area contributed by atoms with Crippen LogP contribution in [0, 0.1) is 0 Å². The summed E-state index contributed by atoms with van der Waals surface area (Å²) >= 11 is 0. The molecule has 0 saturated carbocycles. The third kappa shape index (κ3) is 2.33. The van der Waals surface area contributed by atoms with E-state index in [9.17, 15) is 0 Å². The largest absolute Gasteiger partial charge is 0.328 e. The summed E-state index contributed by atoms with van der Waals surface area (Å²) in [6, 6.07) is 20.2. The number of rotatable bonds is 3. The summed E-state index contributed by atoms with van der Waals surface area (Å²) in [6.45, 7) is 0. The number of anilines is 2. The van der Waals surface area contributed by atoms with Gasteiger partial charge in [0, 0.05) is 18.3 Å². The smallest absolute Gasteiger partial charge is 0.315 e. The van der Waals surface area contributed by atoms with Crippen LogP contribution in [0.4, 0.5) is 11.7 Å². The van der Waals surface area contributed by atoms with Crippen molar-refractivity contribution in [1.29, 1.82) is 0 Å². The number of hydrogen-bond acceptors (Lipinski definition) is 4. The molecule has 4 heteroatoms. The molecule has 1 heterocycles. The molecular formula is C15H13N3O. The van der Waals surface area contributed by atoms with Crippen LogP contribution in [-0.4, -0.2) is 17.2 Å². The Kier molecular flexibility index (Phi) is 2.98. The van der Waals surface area contributed by atoms with Crippen LogP contribution in [0.3, 0.4) is 0 Å². The number of para-hydroxylation sites is 1. The molecule has 0 unspecified atom stereocenters. The molecule has 0 bridgehead atoms. The maximum absolute atomic E-state index is 5.30. The Morgan fingerprint density at radius 3 is 2.21 bits per heavy atom. The Morgan fingerprint density at radius 1 is 0.895 bits per heavy atom. The topological polar surface area (TPSA) is 42.2 Å². The molecule has 3 rings (SSSR count). The van der Waals surface area contributed by atoms with Crippen molar-refractivity contribution in [2.24, 2.45) is 0 Å². The van der Waals surface area contributed by atoms with Crippen LogP contribution in [-0.2, 0) is 0 Å². The molecule has 0 saturated heterocycles. The molecular weight excluding hydrogens is 238 g/mol. The molecule has 2 aromatic carbocycles. The van der Waals surface area contributed by atoms with Gasteiger partial charge < -0.3 is 4.52 Å². The molecule has 3 aromatic rings. The molecule has 1 aromatic heterocycles. The SMILES string of the molecule is CN(c1ccccc1)c1nc(-c2ccccc2)no1. The predicted molar refractivity (Wildman–Crippen MR) is 74.2 cm³/mol. The van der Waals surface area contributed by atoms with Crippen molar-refractivity contribution < 1.29 is 4.52 Å². The molecule has 0 atom stereocenters. The van der Waals surface area contributed by atoms with Gasteiger partial charge in [-0.05, 0) is 12.1 Å². The Bertz CT molecular complexity index is 649. The van der Waals surface area contributed by atoms with Crippen LogP contribution in [0.5, 0.6) is 0 Å². The van der Waals surface area contributed by atoms with Crippen molar-refractivity contribution in [1.82, 2.24) is 10.1 Å². The molecule has 19 heavy (non-hydrogen) atoms. The molecule has 94 valence electrons. The van der Waals surface area contributed by atoms with E-state index in [-0.39, 0.29) is 0 Å². The minimum atomic E-state index is 0.477. The Labute approximate surface area is 111 Å². The van der Waals surface area contributed by atoms with Gasteiger partial charge in [0.05, 0.1) is 0 Å². The minimum absolute atomic E-state index is 0.477. The second-order valence-electron chi connectivity index (χ2n) is 4.16. The fourth-order valence-corrected chi connectivity index (χ4v) is 1.82. The first-order valence-electron chi connectivity index (χ1n) is 6.02. The van der Waals surface area contributed by atoms with Crippen molar-refractivity contribution in [3.8, 4) is 11.4 Å². The molecule has 0 fully saturated rings. The van der Waals surface area contributed by atoms with Crippen molar-refractivity contribution in [3.05, 3.63) is 60.7 Å². The zero-order valence-electron chi connectivity index (χ0n) is 10.5. The van der Waals surface area contributed by atoms with Gasteiger partial charge in [0.1, 0.15) is 0 Å². The lowest BCUT2D eigenvalue weighted by atomic mass is 10.2. The second-order valence-corrected chi connectivity index (χ2v) is 4.16. The fourth-order valence-electron chi connectivity index (χ4n) is 1.82. The molecule has 0 aliphatic carbocycles. The fraction of sp³-hybridized carbons (Fsp3) is 0.0667. The summed E-state index contributed by atoms with van der Waals surface area (Å²) in [6.07, 6.45) is 0. The monoisotopic (exact) mass is 251 g/mol. The van der Waals surface area contributed by atoms with E-state index in [4.69, 9.17) is 4.52 Å². The Morgan fingerprint density at radius 2 is 1.53 bits per heavy atom. The molecule has 0 spiro atoms. The van der Waals surface area contributed by atoms with Crippen LogP contribution >= 0.6 is 0 Å². The highest BCUT2D eigenvalue weighted by Gasteiger charge is 2.13. The van der Waals surface area contributed by atoms with Gasteiger partial charge in [-0.15, -0.1) is 0 Å². The number of nitrogens with zero attached hydrogens (tertiary/aromatic N) is 3. The third-order valence-corrected chi connectivity index (χ3v) is 2.88. The quantitative estimate of drug-likeness (QED) is 0.714. The van der Waals surface area contributed by atoms with Crippen LogP contribution in [0.2, 0.25) is 0 Å². The predicted octanol–water partition coefficient (Wildman–Crippen LogP) is 3.50. The van der Waals surface area contributed by atoms with Crippen molar-refractivity contribution in [3.63, 3.8) is 0 Å². The number of benzene rings is 2. The molecule has 0 radical (unpaired) electrons. The summed E-state index contributed by atoms with van der Waals surface area (Å²) in [5.41, 5.74) is 1.95. The summed E-state index contributed by atoms with van der Waals surface area (Å²) in [5.74, 6) is 0.596. The van der Waals surface area contributed by atoms with Gasteiger partial charge in [-0.2, -0.15) is 4.98 Å². The van der Waals surface area contributed by atoms with Gasteiger partial charge in [0.25, 0.3) is 0 Å². The number of aromatic nitrogens is 2. The molecule has 4 nitrogen and oxygen atoms in total.